The van der Waals surface area contributed by atoms with E-state index in [1.807, 2.05) is 17.9 Å². The highest BCUT2D eigenvalue weighted by Crippen LogP contribution is 2.39. The summed E-state index contributed by atoms with van der Waals surface area (Å²) in [5.74, 6) is -0.897. The predicted molar refractivity (Wildman–Crippen MR) is 179 cm³/mol. The minimum absolute atomic E-state index is 0.0115. The van der Waals surface area contributed by atoms with E-state index >= 15 is 0 Å². The lowest BCUT2D eigenvalue weighted by Crippen LogP contribution is -2.67. The second-order valence-electron chi connectivity index (χ2n) is 12.5. The van der Waals surface area contributed by atoms with Gasteiger partial charge < -0.3 is 29.5 Å². The molecular weight excluding hydrogens is 695 g/mol. The summed E-state index contributed by atoms with van der Waals surface area (Å²) in [5, 5.41) is 17.4. The lowest BCUT2D eigenvalue weighted by molar-refractivity contribution is -0.137. The van der Waals surface area contributed by atoms with Crippen LogP contribution in [0.1, 0.15) is 59.5 Å². The average molecular weight is 728 g/mol. The van der Waals surface area contributed by atoms with Gasteiger partial charge in [-0.3, -0.25) is 14.4 Å². The molecule has 18 heteroatoms. The van der Waals surface area contributed by atoms with Gasteiger partial charge in [0.05, 0.1) is 46.9 Å². The fourth-order valence-electron chi connectivity index (χ4n) is 6.92. The Labute approximate surface area is 293 Å². The number of carbonyl (C=O) groups is 2. The molecule has 1 aliphatic carbocycles. The summed E-state index contributed by atoms with van der Waals surface area (Å²) in [5.41, 5.74) is 0.381. The number of aromatic nitrogens is 6. The van der Waals surface area contributed by atoms with Gasteiger partial charge in [0.25, 0.3) is 11.5 Å². The van der Waals surface area contributed by atoms with Crippen LogP contribution in [0, 0.1) is 6.92 Å². The molecule has 0 spiro atoms. The number of aromatic hydroxyl groups is 1. The van der Waals surface area contributed by atoms with Crippen molar-refractivity contribution in [2.24, 2.45) is 0 Å². The summed E-state index contributed by atoms with van der Waals surface area (Å²) in [6.45, 7) is 4.36. The molecule has 2 amide bonds. The number of nitrogens with zero attached hydrogens (tertiary/aromatic N) is 8. The maximum atomic E-state index is 14.4. The second kappa shape index (κ2) is 13.3. The van der Waals surface area contributed by atoms with Gasteiger partial charge in [0.15, 0.2) is 17.3 Å². The van der Waals surface area contributed by atoms with E-state index in [4.69, 9.17) is 21.3 Å². The molecule has 4 aromatic rings. The van der Waals surface area contributed by atoms with E-state index in [1.165, 1.54) is 10.8 Å². The molecule has 0 bridgehead atoms. The van der Waals surface area contributed by atoms with Gasteiger partial charge in [-0.05, 0) is 56.4 Å². The number of rotatable bonds is 7. The average Bonchev–Trinajstić information content (AvgIpc) is 3.54. The molecular formula is C33H33ClF3N9O5. The molecule has 0 unspecified atom stereocenters. The zero-order valence-electron chi connectivity index (χ0n) is 27.6. The van der Waals surface area contributed by atoms with E-state index in [0.717, 1.165) is 23.8 Å². The third kappa shape index (κ3) is 6.17. The third-order valence-electron chi connectivity index (χ3n) is 9.62. The van der Waals surface area contributed by atoms with Crippen LogP contribution < -0.4 is 15.8 Å². The highest BCUT2D eigenvalue weighted by molar-refractivity contribution is 6.33. The predicted octanol–water partition coefficient (Wildman–Crippen LogP) is 3.87. The topological polar surface area (TPSA) is 160 Å². The number of hydrogen-bond donors (Lipinski definition) is 2. The summed E-state index contributed by atoms with van der Waals surface area (Å²) in [4.78, 5) is 57.9. The number of halogens is 4. The van der Waals surface area contributed by atoms with Crippen LogP contribution >= 0.6 is 11.6 Å². The maximum Gasteiger partial charge on any atom is 0.416 e. The van der Waals surface area contributed by atoms with Gasteiger partial charge in [-0.2, -0.15) is 22.7 Å². The van der Waals surface area contributed by atoms with E-state index in [2.05, 4.69) is 20.4 Å². The Morgan fingerprint density at radius 2 is 1.94 bits per heavy atom. The van der Waals surface area contributed by atoms with E-state index in [9.17, 15) is 32.7 Å². The zero-order chi connectivity index (χ0) is 36.2. The molecule has 1 saturated heterocycles. The Morgan fingerprint density at radius 3 is 2.61 bits per heavy atom. The summed E-state index contributed by atoms with van der Waals surface area (Å²) in [6.07, 6.45) is 0.611. The van der Waals surface area contributed by atoms with Crippen LogP contribution in [0.4, 0.5) is 24.5 Å². The lowest BCUT2D eigenvalue weighted by Gasteiger charge is -2.54. The largest absolute Gasteiger partial charge is 0.504 e. The highest BCUT2D eigenvalue weighted by atomic mass is 35.5. The normalized spacial score (nSPS) is 19.1. The molecule has 2 aliphatic heterocycles. The van der Waals surface area contributed by atoms with Gasteiger partial charge in [0.1, 0.15) is 18.6 Å². The maximum absolute atomic E-state index is 14.4. The fourth-order valence-corrected chi connectivity index (χ4v) is 7.15. The number of carbonyl (C=O) groups excluding carboxylic acids is 2. The lowest BCUT2D eigenvalue weighted by atomic mass is 9.81. The van der Waals surface area contributed by atoms with Crippen LogP contribution in [0.25, 0.3) is 11.4 Å². The summed E-state index contributed by atoms with van der Waals surface area (Å²) in [7, 11) is 0. The van der Waals surface area contributed by atoms with Crippen molar-refractivity contribution in [3.63, 3.8) is 0 Å². The quantitative estimate of drug-likeness (QED) is 0.286. The van der Waals surface area contributed by atoms with Crippen LogP contribution in [0.15, 0.2) is 35.4 Å². The molecule has 14 nitrogen and oxygen atoms in total. The van der Waals surface area contributed by atoms with Crippen molar-refractivity contribution in [2.45, 2.75) is 64.3 Å². The first-order chi connectivity index (χ1) is 24.4. The molecule has 5 heterocycles. The number of aryl methyl sites for hydroxylation is 1. The molecule has 3 aromatic heterocycles. The Bertz CT molecular complexity index is 2150. The van der Waals surface area contributed by atoms with E-state index in [1.54, 1.807) is 16.4 Å². The van der Waals surface area contributed by atoms with Crippen LogP contribution in [0.3, 0.4) is 0 Å². The standard InChI is InChI=1S/C33H33ClF3N9O5/c1-3-22-27(43-10-11-44(24-7-6-23(24)43)30(49)26-28(48)17(2)38-16-39-26)31(50)46-32(41-29(42-46)18-8-12-51-13-9-18)45(22)15-25(47)40-21-5-4-19(14-20(21)34)33(35,36)37/h4-5,8,14,16,23-24,48H,3,6-7,9-13,15H2,1-2H3,(H,40,47)/t23-,24+/m1/s1. The first kappa shape index (κ1) is 34.4. The number of fused-ring (bicyclic) bond motifs is 2. The number of piperazine rings is 1. The van der Waals surface area contributed by atoms with Crippen molar-refractivity contribution >= 4 is 46.1 Å². The number of hydrogen-bond acceptors (Lipinski definition) is 10. The first-order valence-corrected chi connectivity index (χ1v) is 16.8. The molecule has 1 aromatic carbocycles. The van der Waals surface area contributed by atoms with Gasteiger partial charge in [0.2, 0.25) is 11.7 Å². The molecule has 268 valence electrons. The molecule has 2 N–H and O–H groups in total. The molecule has 3 aliphatic rings. The van der Waals surface area contributed by atoms with Gasteiger partial charge in [-0.25, -0.2) is 9.97 Å². The summed E-state index contributed by atoms with van der Waals surface area (Å²) < 4.78 is 47.9. The van der Waals surface area contributed by atoms with Crippen molar-refractivity contribution in [1.29, 1.82) is 0 Å². The van der Waals surface area contributed by atoms with Crippen molar-refractivity contribution in [1.82, 2.24) is 34.0 Å². The van der Waals surface area contributed by atoms with Crippen LogP contribution in [0.5, 0.6) is 5.75 Å². The number of nitrogens with one attached hydrogen (secondary N) is 1. The summed E-state index contributed by atoms with van der Waals surface area (Å²) in [6, 6.07) is 2.12. The van der Waals surface area contributed by atoms with E-state index in [0.29, 0.717) is 56.1 Å². The molecule has 0 radical (unpaired) electrons. The van der Waals surface area contributed by atoms with Crippen LogP contribution in [-0.4, -0.2) is 89.3 Å². The number of ether oxygens (including phenoxy) is 1. The molecule has 51 heavy (non-hydrogen) atoms. The highest BCUT2D eigenvalue weighted by Gasteiger charge is 2.47. The first-order valence-electron chi connectivity index (χ1n) is 16.4. The van der Waals surface area contributed by atoms with Crippen LogP contribution in [-0.2, 0) is 28.7 Å². The Hall–Kier alpha value is -5.03. The second-order valence-corrected chi connectivity index (χ2v) is 12.9. The summed E-state index contributed by atoms with van der Waals surface area (Å²) >= 11 is 6.14. The monoisotopic (exact) mass is 727 g/mol. The van der Waals surface area contributed by atoms with Crippen molar-refractivity contribution in [3.8, 4) is 5.75 Å². The van der Waals surface area contributed by atoms with Gasteiger partial charge in [0, 0.05) is 19.1 Å². The minimum atomic E-state index is -4.61. The molecule has 1 saturated carbocycles. The third-order valence-corrected chi connectivity index (χ3v) is 9.94. The van der Waals surface area contributed by atoms with Crippen molar-refractivity contribution in [2.75, 3.05) is 36.5 Å². The Balaban J connectivity index is 1.27. The van der Waals surface area contributed by atoms with E-state index in [-0.39, 0.29) is 65.3 Å². The number of amides is 2. The smallest absolute Gasteiger partial charge is 0.416 e. The van der Waals surface area contributed by atoms with Crippen molar-refractivity contribution < 1.29 is 32.6 Å². The van der Waals surface area contributed by atoms with Crippen molar-refractivity contribution in [3.05, 3.63) is 74.4 Å². The van der Waals surface area contributed by atoms with Gasteiger partial charge in [-0.1, -0.05) is 24.6 Å². The molecule has 7 rings (SSSR count). The van der Waals surface area contributed by atoms with Gasteiger partial charge >= 0.3 is 6.18 Å². The Kier molecular flexibility index (Phi) is 8.95. The molecule has 2 fully saturated rings. The zero-order valence-corrected chi connectivity index (χ0v) is 28.3. The van der Waals surface area contributed by atoms with Crippen LogP contribution in [0.2, 0.25) is 5.02 Å². The molecule has 2 atom stereocenters. The minimum Gasteiger partial charge on any atom is -0.504 e. The number of anilines is 2. The Morgan fingerprint density at radius 1 is 1.16 bits per heavy atom. The number of benzene rings is 1. The van der Waals surface area contributed by atoms with E-state index < -0.39 is 29.1 Å². The number of alkyl halides is 3. The van der Waals surface area contributed by atoms with Gasteiger partial charge in [-0.15, -0.1) is 5.10 Å². The SMILES string of the molecule is CCc1c(N2CCN(C(=O)c3ncnc(C)c3O)[C@H]3CC[C@H]32)c(=O)n2nc(C3=CCOCC3)nc2n1CC(=O)Nc1ccc(C(F)(F)F)cc1Cl. The fraction of sp³-hybridized carbons (Fsp3) is 0.424.